The summed E-state index contributed by atoms with van der Waals surface area (Å²) in [7, 11) is 0. The van der Waals surface area contributed by atoms with Crippen molar-refractivity contribution in [2.45, 2.75) is 20.1 Å². The second-order valence-electron chi connectivity index (χ2n) is 4.44. The van der Waals surface area contributed by atoms with Gasteiger partial charge in [-0.05, 0) is 18.1 Å². The zero-order valence-corrected chi connectivity index (χ0v) is 11.3. The zero-order chi connectivity index (χ0) is 14.2. The third-order valence-electron chi connectivity index (χ3n) is 2.69. The quantitative estimate of drug-likeness (QED) is 0.848. The van der Waals surface area contributed by atoms with Gasteiger partial charge in [-0.25, -0.2) is 4.79 Å². The van der Waals surface area contributed by atoms with E-state index in [-0.39, 0.29) is 6.61 Å². The Morgan fingerprint density at radius 3 is 2.50 bits per heavy atom. The number of carbonyl (C=O) groups excluding carboxylic acids is 1. The molecule has 0 radical (unpaired) electrons. The van der Waals surface area contributed by atoms with E-state index in [2.05, 4.69) is 5.48 Å². The molecule has 0 spiro atoms. The largest absolute Gasteiger partial charge is 0.443 e. The first-order valence-electron chi connectivity index (χ1n) is 6.38. The molecule has 2 rings (SSSR count). The van der Waals surface area contributed by atoms with Crippen molar-refractivity contribution in [3.8, 4) is 0 Å². The number of benzene rings is 2. The number of hydroxylamine groups is 1. The molecule has 2 aromatic rings. The number of nitrogens with one attached hydrogen (secondary N) is 1. The number of hydrogen-bond donors (Lipinski definition) is 1. The molecule has 0 heterocycles. The van der Waals surface area contributed by atoms with Crippen LogP contribution in [0.3, 0.4) is 0 Å². The maximum absolute atomic E-state index is 11.4. The standard InChI is InChI=1S/C16H17NO3/c1-13-6-5-9-15(10-13)12-20-17-16(18)19-11-14-7-3-2-4-8-14/h2-10H,11-12H2,1H3,(H,17,18). The molecule has 0 bridgehead atoms. The minimum absolute atomic E-state index is 0.223. The molecule has 20 heavy (non-hydrogen) atoms. The third-order valence-corrected chi connectivity index (χ3v) is 2.69. The molecular formula is C16H17NO3. The summed E-state index contributed by atoms with van der Waals surface area (Å²) in [6.45, 7) is 2.54. The number of rotatable bonds is 5. The SMILES string of the molecule is Cc1cccc(CONC(=O)OCc2ccccc2)c1. The molecule has 0 aliphatic heterocycles. The van der Waals surface area contributed by atoms with Gasteiger partial charge in [0.05, 0.1) is 6.61 Å². The molecule has 0 aromatic heterocycles. The summed E-state index contributed by atoms with van der Waals surface area (Å²) < 4.78 is 5.01. The second-order valence-corrected chi connectivity index (χ2v) is 4.44. The second kappa shape index (κ2) is 7.31. The molecule has 1 amide bonds. The molecule has 0 fully saturated rings. The van der Waals surface area contributed by atoms with Crippen molar-refractivity contribution >= 4 is 6.09 Å². The van der Waals surface area contributed by atoms with Crippen LogP contribution in [0.2, 0.25) is 0 Å². The average Bonchev–Trinajstić information content (AvgIpc) is 2.46. The lowest BCUT2D eigenvalue weighted by molar-refractivity contribution is 0.0161. The third kappa shape index (κ3) is 4.74. The first-order chi connectivity index (χ1) is 9.74. The van der Waals surface area contributed by atoms with Crippen LogP contribution >= 0.6 is 0 Å². The van der Waals surface area contributed by atoms with Crippen molar-refractivity contribution in [3.05, 3.63) is 71.3 Å². The van der Waals surface area contributed by atoms with Crippen LogP contribution in [0.4, 0.5) is 4.79 Å². The van der Waals surface area contributed by atoms with E-state index < -0.39 is 6.09 Å². The summed E-state index contributed by atoms with van der Waals surface area (Å²) in [5.74, 6) is 0. The monoisotopic (exact) mass is 271 g/mol. The fourth-order valence-electron chi connectivity index (χ4n) is 1.73. The Balaban J connectivity index is 1.68. The Hall–Kier alpha value is -2.33. The predicted octanol–water partition coefficient (Wildman–Crippen LogP) is 3.35. The Labute approximate surface area is 118 Å². The molecule has 4 heteroatoms. The molecule has 0 aliphatic carbocycles. The van der Waals surface area contributed by atoms with Gasteiger partial charge in [-0.2, -0.15) is 5.48 Å². The van der Waals surface area contributed by atoms with Crippen molar-refractivity contribution < 1.29 is 14.4 Å². The van der Waals surface area contributed by atoms with Crippen LogP contribution in [0.5, 0.6) is 0 Å². The van der Waals surface area contributed by atoms with Crippen molar-refractivity contribution in [2.75, 3.05) is 0 Å². The topological polar surface area (TPSA) is 47.6 Å². The van der Waals surface area contributed by atoms with Crippen LogP contribution in [-0.2, 0) is 22.8 Å². The highest BCUT2D eigenvalue weighted by atomic mass is 16.7. The van der Waals surface area contributed by atoms with Crippen molar-refractivity contribution in [2.24, 2.45) is 0 Å². The first-order valence-corrected chi connectivity index (χ1v) is 6.38. The highest BCUT2D eigenvalue weighted by Gasteiger charge is 2.02. The fraction of sp³-hybridized carbons (Fsp3) is 0.188. The lowest BCUT2D eigenvalue weighted by atomic mass is 10.1. The van der Waals surface area contributed by atoms with E-state index in [1.165, 1.54) is 0 Å². The van der Waals surface area contributed by atoms with Gasteiger partial charge in [0.1, 0.15) is 6.61 Å². The highest BCUT2D eigenvalue weighted by molar-refractivity contribution is 5.65. The summed E-state index contributed by atoms with van der Waals surface area (Å²) >= 11 is 0. The van der Waals surface area contributed by atoms with Crippen molar-refractivity contribution in [1.29, 1.82) is 0 Å². The van der Waals surface area contributed by atoms with Crippen molar-refractivity contribution in [1.82, 2.24) is 5.48 Å². The summed E-state index contributed by atoms with van der Waals surface area (Å²) in [4.78, 5) is 16.5. The predicted molar refractivity (Wildman–Crippen MR) is 75.7 cm³/mol. The van der Waals surface area contributed by atoms with E-state index in [1.807, 2.05) is 61.5 Å². The van der Waals surface area contributed by atoms with Gasteiger partial charge >= 0.3 is 6.09 Å². The summed E-state index contributed by atoms with van der Waals surface area (Å²) in [5, 5.41) is 0. The van der Waals surface area contributed by atoms with E-state index in [0.29, 0.717) is 6.61 Å². The van der Waals surface area contributed by atoms with Crippen molar-refractivity contribution in [3.63, 3.8) is 0 Å². The van der Waals surface area contributed by atoms with Crippen LogP contribution in [0.15, 0.2) is 54.6 Å². The van der Waals surface area contributed by atoms with Crippen LogP contribution in [-0.4, -0.2) is 6.09 Å². The maximum Gasteiger partial charge on any atom is 0.431 e. The first kappa shape index (κ1) is 14.1. The Kier molecular flexibility index (Phi) is 5.15. The van der Waals surface area contributed by atoms with E-state index in [1.54, 1.807) is 0 Å². The van der Waals surface area contributed by atoms with E-state index in [4.69, 9.17) is 9.57 Å². The van der Waals surface area contributed by atoms with E-state index in [9.17, 15) is 4.79 Å². The van der Waals surface area contributed by atoms with Crippen LogP contribution in [0.1, 0.15) is 16.7 Å². The Bertz CT molecular complexity index is 555. The normalized spacial score (nSPS) is 10.1. The van der Waals surface area contributed by atoms with Gasteiger partial charge in [-0.3, -0.25) is 4.84 Å². The van der Waals surface area contributed by atoms with Gasteiger partial charge < -0.3 is 4.74 Å². The van der Waals surface area contributed by atoms with Gasteiger partial charge in [-0.1, -0.05) is 60.2 Å². The summed E-state index contributed by atoms with van der Waals surface area (Å²) in [6.07, 6.45) is -0.596. The molecule has 0 atom stereocenters. The van der Waals surface area contributed by atoms with Crippen LogP contribution in [0, 0.1) is 6.92 Å². The number of amides is 1. The molecule has 0 saturated carbocycles. The van der Waals surface area contributed by atoms with Gasteiger partial charge in [0.2, 0.25) is 0 Å². The number of carbonyl (C=O) groups is 1. The molecule has 0 saturated heterocycles. The minimum Gasteiger partial charge on any atom is -0.443 e. The fourth-order valence-corrected chi connectivity index (χ4v) is 1.73. The van der Waals surface area contributed by atoms with Gasteiger partial charge in [0.25, 0.3) is 0 Å². The number of ether oxygens (including phenoxy) is 1. The summed E-state index contributed by atoms with van der Waals surface area (Å²) in [5.41, 5.74) is 5.34. The Morgan fingerprint density at radius 1 is 1.00 bits per heavy atom. The van der Waals surface area contributed by atoms with Gasteiger partial charge in [-0.15, -0.1) is 0 Å². The lowest BCUT2D eigenvalue weighted by Gasteiger charge is -2.07. The van der Waals surface area contributed by atoms with E-state index in [0.717, 1.165) is 16.7 Å². The lowest BCUT2D eigenvalue weighted by Crippen LogP contribution is -2.24. The summed E-state index contributed by atoms with van der Waals surface area (Å²) in [6, 6.07) is 17.4. The van der Waals surface area contributed by atoms with Crippen LogP contribution in [0.25, 0.3) is 0 Å². The number of aryl methyl sites for hydroxylation is 1. The Morgan fingerprint density at radius 2 is 1.75 bits per heavy atom. The molecular weight excluding hydrogens is 254 g/mol. The molecule has 2 aromatic carbocycles. The van der Waals surface area contributed by atoms with Gasteiger partial charge in [0.15, 0.2) is 0 Å². The van der Waals surface area contributed by atoms with Gasteiger partial charge in [0, 0.05) is 0 Å². The average molecular weight is 271 g/mol. The molecule has 1 N–H and O–H groups in total. The van der Waals surface area contributed by atoms with E-state index >= 15 is 0 Å². The number of hydrogen-bond acceptors (Lipinski definition) is 3. The molecule has 104 valence electrons. The maximum atomic E-state index is 11.4. The molecule has 0 unspecified atom stereocenters. The minimum atomic E-state index is -0.596. The molecule has 0 aliphatic rings. The smallest absolute Gasteiger partial charge is 0.431 e. The highest BCUT2D eigenvalue weighted by Crippen LogP contribution is 2.05. The van der Waals surface area contributed by atoms with Crippen LogP contribution < -0.4 is 5.48 Å². The molecule has 4 nitrogen and oxygen atoms in total. The zero-order valence-electron chi connectivity index (χ0n) is 11.3.